The average molecular weight is 395 g/mol. The summed E-state index contributed by atoms with van der Waals surface area (Å²) in [6.45, 7) is 3.05. The van der Waals surface area contributed by atoms with Gasteiger partial charge < -0.3 is 5.32 Å². The Labute approximate surface area is 149 Å². The highest BCUT2D eigenvalue weighted by molar-refractivity contribution is 6.34. The molecule has 0 saturated carbocycles. The summed E-state index contributed by atoms with van der Waals surface area (Å²) >= 11 is 5.63. The van der Waals surface area contributed by atoms with Crippen molar-refractivity contribution in [2.75, 3.05) is 6.54 Å². The van der Waals surface area contributed by atoms with Crippen LogP contribution in [0.1, 0.15) is 27.6 Å². The molecule has 1 amide bonds. The van der Waals surface area contributed by atoms with Crippen LogP contribution in [0, 0.1) is 24.0 Å². The molecule has 0 radical (unpaired) electrons. The van der Waals surface area contributed by atoms with E-state index in [1.165, 1.54) is 25.6 Å². The van der Waals surface area contributed by atoms with Gasteiger partial charge in [0.05, 0.1) is 11.5 Å². The van der Waals surface area contributed by atoms with Gasteiger partial charge in [-0.1, -0.05) is 11.6 Å². The molecule has 0 spiro atoms. The summed E-state index contributed by atoms with van der Waals surface area (Å²) in [7, 11) is 1.17. The van der Waals surface area contributed by atoms with E-state index in [2.05, 4.69) is 15.5 Å². The van der Waals surface area contributed by atoms with Crippen LogP contribution >= 0.6 is 11.6 Å². The van der Waals surface area contributed by atoms with Crippen LogP contribution in [0.4, 0.5) is 18.9 Å². The molecule has 0 aromatic carbocycles. The van der Waals surface area contributed by atoms with E-state index in [0.29, 0.717) is 5.69 Å². The molecule has 0 atom stereocenters. The summed E-state index contributed by atoms with van der Waals surface area (Å²) in [5.74, 6) is -0.850. The molecule has 0 unspecified atom stereocenters. The van der Waals surface area contributed by atoms with Crippen LogP contribution in [0.2, 0.25) is 5.02 Å². The first kappa shape index (κ1) is 19.7. The number of halogens is 4. The molecular weight excluding hydrogens is 381 g/mol. The molecule has 2 aromatic heterocycles. The number of hydrogen-bond acceptors (Lipinski definition) is 5. The van der Waals surface area contributed by atoms with Gasteiger partial charge >= 0.3 is 11.9 Å². The van der Waals surface area contributed by atoms with Crippen molar-refractivity contribution in [3.05, 3.63) is 37.9 Å². The lowest BCUT2D eigenvalue weighted by Gasteiger charge is -2.07. The van der Waals surface area contributed by atoms with Crippen LogP contribution in [0.5, 0.6) is 0 Å². The summed E-state index contributed by atoms with van der Waals surface area (Å²) in [6.07, 6.45) is -4.78. The number of aromatic nitrogens is 4. The van der Waals surface area contributed by atoms with Gasteiger partial charge in [0.1, 0.15) is 22.1 Å². The lowest BCUT2D eigenvalue weighted by Crippen LogP contribution is -2.29. The molecule has 142 valence electrons. The van der Waals surface area contributed by atoms with Gasteiger partial charge in [0.25, 0.3) is 5.91 Å². The number of nitrogens with one attached hydrogen (secondary N) is 1. The fourth-order valence-electron chi connectivity index (χ4n) is 2.45. The Bertz CT molecular complexity index is 874. The minimum absolute atomic E-state index is 0.0270. The van der Waals surface area contributed by atoms with Crippen LogP contribution in [-0.4, -0.2) is 36.9 Å². The number of carbonyl (C=O) groups is 1. The van der Waals surface area contributed by atoms with Crippen molar-refractivity contribution >= 4 is 23.2 Å². The SMILES string of the molecule is Cc1nn(CCNC(=O)c2c(Cl)c(C(F)(F)F)nn2C)c(C)c1[N+](=O)[O-]. The van der Waals surface area contributed by atoms with E-state index in [1.54, 1.807) is 0 Å². The Balaban J connectivity index is 2.10. The Morgan fingerprint density at radius 1 is 1.35 bits per heavy atom. The van der Waals surface area contributed by atoms with Crippen LogP contribution in [0.25, 0.3) is 0 Å². The fraction of sp³-hybridized carbons (Fsp3) is 0.462. The minimum Gasteiger partial charge on any atom is -0.349 e. The highest BCUT2D eigenvalue weighted by Crippen LogP contribution is 2.35. The Morgan fingerprint density at radius 3 is 2.42 bits per heavy atom. The van der Waals surface area contributed by atoms with E-state index in [-0.39, 0.29) is 24.5 Å². The molecule has 26 heavy (non-hydrogen) atoms. The van der Waals surface area contributed by atoms with Crippen molar-refractivity contribution in [2.24, 2.45) is 7.05 Å². The number of carbonyl (C=O) groups excluding carboxylic acids is 1. The van der Waals surface area contributed by atoms with E-state index < -0.39 is 33.4 Å². The van der Waals surface area contributed by atoms with Crippen molar-refractivity contribution in [1.82, 2.24) is 24.9 Å². The van der Waals surface area contributed by atoms with E-state index in [4.69, 9.17) is 11.6 Å². The van der Waals surface area contributed by atoms with E-state index in [1.807, 2.05) is 0 Å². The number of alkyl halides is 3. The molecule has 2 rings (SSSR count). The number of rotatable bonds is 5. The zero-order valence-electron chi connectivity index (χ0n) is 13.9. The molecule has 2 aromatic rings. The molecule has 0 aliphatic carbocycles. The first-order valence-electron chi connectivity index (χ1n) is 7.21. The average Bonchev–Trinajstić information content (AvgIpc) is 2.95. The third-order valence-corrected chi connectivity index (χ3v) is 3.97. The smallest absolute Gasteiger partial charge is 0.349 e. The minimum atomic E-state index is -4.78. The quantitative estimate of drug-likeness (QED) is 0.618. The highest BCUT2D eigenvalue weighted by atomic mass is 35.5. The van der Waals surface area contributed by atoms with Crippen molar-refractivity contribution < 1.29 is 22.9 Å². The monoisotopic (exact) mass is 394 g/mol. The predicted octanol–water partition coefficient (Wildman–Crippen LogP) is 2.24. The van der Waals surface area contributed by atoms with E-state index >= 15 is 0 Å². The number of aryl methyl sites for hydroxylation is 2. The van der Waals surface area contributed by atoms with Crippen LogP contribution in [0.15, 0.2) is 0 Å². The van der Waals surface area contributed by atoms with Crippen molar-refractivity contribution in [3.63, 3.8) is 0 Å². The third-order valence-electron chi connectivity index (χ3n) is 3.61. The second-order valence-corrected chi connectivity index (χ2v) is 5.77. The van der Waals surface area contributed by atoms with Gasteiger partial charge in [-0.25, -0.2) is 0 Å². The predicted molar refractivity (Wildman–Crippen MR) is 83.9 cm³/mol. The molecule has 0 saturated heterocycles. The molecule has 0 bridgehead atoms. The van der Waals surface area contributed by atoms with Gasteiger partial charge in [-0.15, -0.1) is 0 Å². The summed E-state index contributed by atoms with van der Waals surface area (Å²) in [4.78, 5) is 22.5. The van der Waals surface area contributed by atoms with Crippen LogP contribution in [-0.2, 0) is 19.8 Å². The Hall–Kier alpha value is -2.63. The van der Waals surface area contributed by atoms with Gasteiger partial charge in [-0.2, -0.15) is 23.4 Å². The first-order chi connectivity index (χ1) is 11.9. The second-order valence-electron chi connectivity index (χ2n) is 5.39. The molecule has 13 heteroatoms. The zero-order chi connectivity index (χ0) is 19.8. The van der Waals surface area contributed by atoms with Gasteiger partial charge in [-0.3, -0.25) is 24.3 Å². The van der Waals surface area contributed by atoms with Crippen LogP contribution in [0.3, 0.4) is 0 Å². The Kier molecular flexibility index (Phi) is 5.26. The maximum atomic E-state index is 12.8. The molecular formula is C13H14ClF3N6O3. The maximum absolute atomic E-state index is 12.8. The normalized spacial score (nSPS) is 11.7. The largest absolute Gasteiger partial charge is 0.436 e. The van der Waals surface area contributed by atoms with Gasteiger partial charge in [-0.05, 0) is 13.8 Å². The standard InChI is InChI=1S/C13H14ClF3N6O3/c1-6-9(23(25)26)7(2)22(19-6)5-4-18-12(24)10-8(14)11(13(15,16)17)20-21(10)3/h4-5H2,1-3H3,(H,18,24). The molecule has 1 N–H and O–H groups in total. The molecule has 2 heterocycles. The summed E-state index contributed by atoms with van der Waals surface area (Å²) in [5.41, 5.74) is -1.37. The first-order valence-corrected chi connectivity index (χ1v) is 7.59. The summed E-state index contributed by atoms with van der Waals surface area (Å²) in [6, 6.07) is 0. The third kappa shape index (κ3) is 3.64. The number of hydrogen-bond donors (Lipinski definition) is 1. The van der Waals surface area contributed by atoms with Crippen molar-refractivity contribution in [1.29, 1.82) is 0 Å². The topological polar surface area (TPSA) is 108 Å². The van der Waals surface area contributed by atoms with Crippen LogP contribution < -0.4 is 5.32 Å². The molecule has 0 fully saturated rings. The summed E-state index contributed by atoms with van der Waals surface area (Å²) in [5, 5.41) is 19.8. The van der Waals surface area contributed by atoms with Gasteiger partial charge in [0.2, 0.25) is 0 Å². The molecule has 0 aliphatic heterocycles. The van der Waals surface area contributed by atoms with Gasteiger partial charge in [0.15, 0.2) is 5.69 Å². The Morgan fingerprint density at radius 2 is 1.96 bits per heavy atom. The maximum Gasteiger partial charge on any atom is 0.436 e. The van der Waals surface area contributed by atoms with Crippen molar-refractivity contribution in [3.8, 4) is 0 Å². The molecule has 0 aliphatic rings. The second kappa shape index (κ2) is 6.94. The highest BCUT2D eigenvalue weighted by Gasteiger charge is 2.39. The lowest BCUT2D eigenvalue weighted by molar-refractivity contribution is -0.386. The fourth-order valence-corrected chi connectivity index (χ4v) is 2.81. The summed E-state index contributed by atoms with van der Waals surface area (Å²) < 4.78 is 40.4. The zero-order valence-corrected chi connectivity index (χ0v) is 14.6. The van der Waals surface area contributed by atoms with Gasteiger partial charge in [0, 0.05) is 13.6 Å². The van der Waals surface area contributed by atoms with E-state index in [0.717, 1.165) is 4.68 Å². The molecule has 9 nitrogen and oxygen atoms in total. The lowest BCUT2D eigenvalue weighted by atomic mass is 10.3. The van der Waals surface area contributed by atoms with Crippen molar-refractivity contribution in [2.45, 2.75) is 26.6 Å². The number of nitrogens with zero attached hydrogens (tertiary/aromatic N) is 5. The number of nitro groups is 1. The van der Waals surface area contributed by atoms with E-state index in [9.17, 15) is 28.1 Å². The number of amides is 1.